The number of phenols is 1. The number of aldehydes is 1. The zero-order chi connectivity index (χ0) is 12.0. The fraction of sp³-hybridized carbons (Fsp3) is 0.0909. The van der Waals surface area contributed by atoms with Crippen LogP contribution in [0.5, 0.6) is 5.75 Å². The van der Waals surface area contributed by atoms with Gasteiger partial charge in [0.2, 0.25) is 0 Å². The van der Waals surface area contributed by atoms with Crippen LogP contribution in [-0.4, -0.2) is 18.1 Å². The minimum atomic E-state index is -0.441. The molecule has 0 saturated carbocycles. The van der Waals surface area contributed by atoms with Crippen molar-refractivity contribution < 1.29 is 14.3 Å². The normalized spacial score (nSPS) is 10.9. The molecule has 0 bridgehead atoms. The molecule has 84 valence electrons. The van der Waals surface area contributed by atoms with Crippen molar-refractivity contribution in [1.82, 2.24) is 5.43 Å². The predicted molar refractivity (Wildman–Crippen MR) is 58.6 cm³/mol. The largest absolute Gasteiger partial charge is 0.508 e. The molecule has 2 N–H and O–H groups in total. The van der Waals surface area contributed by atoms with Gasteiger partial charge < -0.3 is 5.11 Å². The Morgan fingerprint density at radius 1 is 1.62 bits per heavy atom. The van der Waals surface area contributed by atoms with E-state index in [4.69, 9.17) is 0 Å². The summed E-state index contributed by atoms with van der Waals surface area (Å²) in [6, 6.07) is 3.63. The van der Waals surface area contributed by atoms with Crippen LogP contribution in [0.25, 0.3) is 0 Å². The topological polar surface area (TPSA) is 61.7 Å². The number of benzene rings is 1. The summed E-state index contributed by atoms with van der Waals surface area (Å²) < 4.78 is 12.9. The highest BCUT2D eigenvalue weighted by Crippen LogP contribution is 2.18. The zero-order valence-electron chi connectivity index (χ0n) is 8.48. The molecule has 0 amide bonds. The maximum absolute atomic E-state index is 12.9. The summed E-state index contributed by atoms with van der Waals surface area (Å²) in [6.07, 6.45) is 2.27. The summed E-state index contributed by atoms with van der Waals surface area (Å²) in [5.74, 6) is -0.460. The van der Waals surface area contributed by atoms with Gasteiger partial charge in [0.15, 0.2) is 6.29 Å². The first-order chi connectivity index (χ1) is 7.67. The highest BCUT2D eigenvalue weighted by atomic mass is 19.1. The molecule has 0 heterocycles. The van der Waals surface area contributed by atoms with Gasteiger partial charge in [-0.2, -0.15) is 5.10 Å². The Labute approximate surface area is 92.1 Å². The quantitative estimate of drug-likeness (QED) is 0.342. The third-order valence-electron chi connectivity index (χ3n) is 1.92. The number of aromatic hydroxyl groups is 1. The SMILES string of the molecule is C=NN/C(C=O)=C\Cc1cc(F)ccc1O. The molecule has 0 aliphatic heterocycles. The first-order valence-corrected chi connectivity index (χ1v) is 4.52. The summed E-state index contributed by atoms with van der Waals surface area (Å²) in [5.41, 5.74) is 2.97. The molecule has 5 heteroatoms. The van der Waals surface area contributed by atoms with E-state index in [0.29, 0.717) is 11.8 Å². The number of carbonyl (C=O) groups is 1. The van der Waals surface area contributed by atoms with Gasteiger partial charge in [-0.25, -0.2) is 4.39 Å². The van der Waals surface area contributed by atoms with Gasteiger partial charge >= 0.3 is 0 Å². The number of hydrogen-bond donors (Lipinski definition) is 2. The highest BCUT2D eigenvalue weighted by Gasteiger charge is 2.02. The van der Waals surface area contributed by atoms with E-state index in [-0.39, 0.29) is 17.9 Å². The second-order valence-corrected chi connectivity index (χ2v) is 3.02. The molecule has 1 aromatic rings. The van der Waals surface area contributed by atoms with E-state index in [0.717, 1.165) is 6.07 Å². The molecule has 0 radical (unpaired) electrons. The van der Waals surface area contributed by atoms with Crippen LogP contribution in [0, 0.1) is 5.82 Å². The Kier molecular flexibility index (Phi) is 4.20. The molecule has 4 nitrogen and oxygen atoms in total. The molecule has 16 heavy (non-hydrogen) atoms. The van der Waals surface area contributed by atoms with Crippen LogP contribution in [0.2, 0.25) is 0 Å². The number of nitrogens with zero attached hydrogens (tertiary/aromatic N) is 1. The summed E-state index contributed by atoms with van der Waals surface area (Å²) in [6.45, 7) is 3.16. The van der Waals surface area contributed by atoms with Gasteiger partial charge in [0, 0.05) is 12.3 Å². The predicted octanol–water partition coefficient (Wildman–Crippen LogP) is 1.36. The molecule has 0 aromatic heterocycles. The maximum atomic E-state index is 12.9. The van der Waals surface area contributed by atoms with E-state index in [9.17, 15) is 14.3 Å². The Morgan fingerprint density at radius 3 is 3.00 bits per heavy atom. The number of rotatable bonds is 5. The first-order valence-electron chi connectivity index (χ1n) is 4.52. The van der Waals surface area contributed by atoms with Gasteiger partial charge in [-0.05, 0) is 24.6 Å². The summed E-state index contributed by atoms with van der Waals surface area (Å²) >= 11 is 0. The molecule has 1 aromatic carbocycles. The Morgan fingerprint density at radius 2 is 2.38 bits per heavy atom. The van der Waals surface area contributed by atoms with Crippen LogP contribution >= 0.6 is 0 Å². The number of phenolic OH excluding ortho intramolecular Hbond substituents is 1. The van der Waals surface area contributed by atoms with E-state index >= 15 is 0 Å². The smallest absolute Gasteiger partial charge is 0.167 e. The molecular formula is C11H11FN2O2. The fourth-order valence-electron chi connectivity index (χ4n) is 1.15. The molecule has 0 spiro atoms. The van der Waals surface area contributed by atoms with Crippen molar-refractivity contribution in [3.8, 4) is 5.75 Å². The average Bonchev–Trinajstić information content (AvgIpc) is 2.28. The Hall–Kier alpha value is -2.17. The van der Waals surface area contributed by atoms with E-state index < -0.39 is 5.82 Å². The average molecular weight is 222 g/mol. The van der Waals surface area contributed by atoms with Gasteiger partial charge in [0.25, 0.3) is 0 Å². The van der Waals surface area contributed by atoms with E-state index in [1.54, 1.807) is 0 Å². The van der Waals surface area contributed by atoms with Gasteiger partial charge in [-0.15, -0.1) is 0 Å². The van der Waals surface area contributed by atoms with Crippen LogP contribution in [-0.2, 0) is 11.2 Å². The monoisotopic (exact) mass is 222 g/mol. The number of halogens is 1. The maximum Gasteiger partial charge on any atom is 0.167 e. The number of nitrogens with one attached hydrogen (secondary N) is 1. The standard InChI is InChI=1S/C11H11FN2O2/c1-13-14-10(7-15)4-2-8-6-9(12)3-5-11(8)16/h3-7,14,16H,1-2H2/b10-4-. The van der Waals surface area contributed by atoms with Crippen LogP contribution in [0.15, 0.2) is 35.1 Å². The number of allylic oxidation sites excluding steroid dienone is 2. The van der Waals surface area contributed by atoms with Gasteiger partial charge in [-0.1, -0.05) is 6.08 Å². The number of carbonyl (C=O) groups excluding carboxylic acids is 1. The summed E-state index contributed by atoms with van der Waals surface area (Å²) in [7, 11) is 0. The molecular weight excluding hydrogens is 211 g/mol. The van der Waals surface area contributed by atoms with E-state index in [1.807, 2.05) is 0 Å². The summed E-state index contributed by atoms with van der Waals surface area (Å²) in [5, 5.41) is 12.7. The van der Waals surface area contributed by atoms with Crippen LogP contribution in [0.1, 0.15) is 5.56 Å². The van der Waals surface area contributed by atoms with Gasteiger partial charge in [-0.3, -0.25) is 10.2 Å². The van der Waals surface area contributed by atoms with Crippen molar-refractivity contribution in [3.05, 3.63) is 41.4 Å². The highest BCUT2D eigenvalue weighted by molar-refractivity contribution is 5.72. The molecule has 0 fully saturated rings. The molecule has 0 aliphatic rings. The molecule has 1 rings (SSSR count). The van der Waals surface area contributed by atoms with Crippen molar-refractivity contribution in [1.29, 1.82) is 0 Å². The van der Waals surface area contributed by atoms with Crippen molar-refractivity contribution in [3.63, 3.8) is 0 Å². The molecule has 0 aliphatic carbocycles. The lowest BCUT2D eigenvalue weighted by atomic mass is 10.1. The van der Waals surface area contributed by atoms with Crippen molar-refractivity contribution in [2.24, 2.45) is 5.10 Å². The third-order valence-corrected chi connectivity index (χ3v) is 1.92. The molecule has 0 unspecified atom stereocenters. The minimum Gasteiger partial charge on any atom is -0.508 e. The number of hydrogen-bond acceptors (Lipinski definition) is 4. The lowest BCUT2D eigenvalue weighted by Gasteiger charge is -2.02. The van der Waals surface area contributed by atoms with Crippen LogP contribution in [0.4, 0.5) is 4.39 Å². The van der Waals surface area contributed by atoms with E-state index in [2.05, 4.69) is 17.2 Å². The summed E-state index contributed by atoms with van der Waals surface area (Å²) in [4.78, 5) is 10.5. The fourth-order valence-corrected chi connectivity index (χ4v) is 1.15. The minimum absolute atomic E-state index is 0.0190. The number of hydrazone groups is 1. The van der Waals surface area contributed by atoms with Crippen LogP contribution < -0.4 is 5.43 Å². The van der Waals surface area contributed by atoms with E-state index in [1.165, 1.54) is 18.2 Å². The molecule has 0 atom stereocenters. The molecule has 0 saturated heterocycles. The first kappa shape index (κ1) is 11.9. The second-order valence-electron chi connectivity index (χ2n) is 3.02. The van der Waals surface area contributed by atoms with Crippen LogP contribution in [0.3, 0.4) is 0 Å². The lowest BCUT2D eigenvalue weighted by Crippen LogP contribution is -2.05. The van der Waals surface area contributed by atoms with Gasteiger partial charge in [0.1, 0.15) is 11.6 Å². The third kappa shape index (κ3) is 3.20. The van der Waals surface area contributed by atoms with Gasteiger partial charge in [0.05, 0.1) is 5.70 Å². The Balaban J connectivity index is 2.83. The van der Waals surface area contributed by atoms with Crippen molar-refractivity contribution in [2.45, 2.75) is 6.42 Å². The lowest BCUT2D eigenvalue weighted by molar-refractivity contribution is -0.105. The Bertz CT molecular complexity index is 430. The second kappa shape index (κ2) is 5.65. The van der Waals surface area contributed by atoms with Crippen molar-refractivity contribution >= 4 is 13.0 Å². The zero-order valence-corrected chi connectivity index (χ0v) is 8.48. The van der Waals surface area contributed by atoms with Crippen molar-refractivity contribution in [2.75, 3.05) is 0 Å².